The summed E-state index contributed by atoms with van der Waals surface area (Å²) in [5, 5.41) is 0. The fraction of sp³-hybridized carbons (Fsp3) is 0.409. The lowest BCUT2D eigenvalue weighted by Crippen LogP contribution is -2.32. The lowest BCUT2D eigenvalue weighted by atomic mass is 9.99. The number of hydrogen-bond acceptors (Lipinski definition) is 3. The first-order valence-electron chi connectivity index (χ1n) is 9.77. The molecule has 2 N–H and O–H groups in total. The van der Waals surface area contributed by atoms with Crippen molar-refractivity contribution >= 4 is 5.91 Å². The van der Waals surface area contributed by atoms with Gasteiger partial charge in [0.25, 0.3) is 0 Å². The highest BCUT2D eigenvalue weighted by molar-refractivity contribution is 5.76. The number of nitrogens with one attached hydrogen (secondary N) is 2. The van der Waals surface area contributed by atoms with Crippen molar-refractivity contribution in [1.82, 2.24) is 15.8 Å². The van der Waals surface area contributed by atoms with Gasteiger partial charge < -0.3 is 4.90 Å². The molecule has 0 bridgehead atoms. The second-order valence-corrected chi connectivity index (χ2v) is 7.37. The van der Waals surface area contributed by atoms with Crippen molar-refractivity contribution in [3.63, 3.8) is 0 Å². The summed E-state index contributed by atoms with van der Waals surface area (Å²) in [6.07, 6.45) is 3.49. The number of halogens is 2. The fourth-order valence-corrected chi connectivity index (χ4v) is 3.56. The van der Waals surface area contributed by atoms with Gasteiger partial charge in [-0.25, -0.2) is 8.78 Å². The summed E-state index contributed by atoms with van der Waals surface area (Å²) >= 11 is 0. The van der Waals surface area contributed by atoms with Crippen LogP contribution in [0.25, 0.3) is 0 Å². The molecule has 4 nitrogen and oxygen atoms in total. The van der Waals surface area contributed by atoms with Gasteiger partial charge in [-0.05, 0) is 55.0 Å². The number of carbonyl (C=O) groups is 1. The van der Waals surface area contributed by atoms with Gasteiger partial charge in [0.15, 0.2) is 0 Å². The first-order valence-corrected chi connectivity index (χ1v) is 9.77. The predicted octanol–water partition coefficient (Wildman–Crippen LogP) is 3.74. The number of benzene rings is 2. The summed E-state index contributed by atoms with van der Waals surface area (Å²) in [7, 11) is 1.80. The van der Waals surface area contributed by atoms with Crippen molar-refractivity contribution in [2.45, 2.75) is 44.2 Å². The predicted molar refractivity (Wildman–Crippen MR) is 105 cm³/mol. The van der Waals surface area contributed by atoms with E-state index in [1.54, 1.807) is 42.3 Å². The van der Waals surface area contributed by atoms with Gasteiger partial charge in [-0.1, -0.05) is 30.3 Å². The van der Waals surface area contributed by atoms with E-state index in [1.165, 1.54) is 18.2 Å². The van der Waals surface area contributed by atoms with Gasteiger partial charge in [-0.2, -0.15) is 0 Å². The van der Waals surface area contributed by atoms with Crippen LogP contribution in [-0.4, -0.2) is 30.4 Å². The minimum absolute atomic E-state index is 0.0324. The molecule has 28 heavy (non-hydrogen) atoms. The molecule has 150 valence electrons. The number of rotatable bonds is 8. The Morgan fingerprint density at radius 1 is 1.11 bits per heavy atom. The van der Waals surface area contributed by atoms with Gasteiger partial charge >= 0.3 is 0 Å². The molecule has 1 saturated heterocycles. The Hall–Kier alpha value is -2.31. The molecular formula is C22H27F2N3O. The van der Waals surface area contributed by atoms with Crippen LogP contribution in [0, 0.1) is 11.6 Å². The van der Waals surface area contributed by atoms with E-state index in [0.29, 0.717) is 31.0 Å². The highest BCUT2D eigenvalue weighted by Crippen LogP contribution is 2.24. The lowest BCUT2D eigenvalue weighted by molar-refractivity contribution is -0.129. The molecular weight excluding hydrogens is 360 g/mol. The van der Waals surface area contributed by atoms with Crippen molar-refractivity contribution in [2.75, 3.05) is 13.6 Å². The Morgan fingerprint density at radius 2 is 1.86 bits per heavy atom. The number of hydrogen-bond donors (Lipinski definition) is 2. The molecule has 0 aromatic heterocycles. The Bertz CT molecular complexity index is 782. The molecule has 1 fully saturated rings. The summed E-state index contributed by atoms with van der Waals surface area (Å²) in [5.74, 6) is -0.451. The van der Waals surface area contributed by atoms with Gasteiger partial charge in [-0.3, -0.25) is 15.6 Å². The highest BCUT2D eigenvalue weighted by Gasteiger charge is 2.24. The summed E-state index contributed by atoms with van der Waals surface area (Å²) in [6, 6.07) is 13.6. The van der Waals surface area contributed by atoms with Crippen LogP contribution in [0.1, 0.15) is 42.9 Å². The molecule has 6 heteroatoms. The summed E-state index contributed by atoms with van der Waals surface area (Å²) in [6.45, 7) is 0.676. The molecule has 0 radical (unpaired) electrons. The quantitative estimate of drug-likeness (QED) is 0.725. The maximum absolute atomic E-state index is 13.6. The van der Waals surface area contributed by atoms with Crippen LogP contribution in [0.5, 0.6) is 0 Å². The fourth-order valence-electron chi connectivity index (χ4n) is 3.56. The second-order valence-electron chi connectivity index (χ2n) is 7.37. The van der Waals surface area contributed by atoms with E-state index in [4.69, 9.17) is 0 Å². The third-order valence-corrected chi connectivity index (χ3v) is 5.29. The molecule has 1 amide bonds. The zero-order valence-electron chi connectivity index (χ0n) is 16.1. The van der Waals surface area contributed by atoms with Crippen LogP contribution in [0.3, 0.4) is 0 Å². The van der Waals surface area contributed by atoms with E-state index in [1.807, 2.05) is 0 Å². The van der Waals surface area contributed by atoms with E-state index < -0.39 is 0 Å². The number of carbonyl (C=O) groups excluding carboxylic acids is 1. The smallest absolute Gasteiger partial charge is 0.222 e. The summed E-state index contributed by atoms with van der Waals surface area (Å²) < 4.78 is 26.7. The molecule has 2 aromatic carbocycles. The minimum Gasteiger partial charge on any atom is -0.346 e. The molecule has 2 unspecified atom stereocenters. The third kappa shape index (κ3) is 5.59. The number of amides is 1. The van der Waals surface area contributed by atoms with E-state index >= 15 is 0 Å². The van der Waals surface area contributed by atoms with Crippen molar-refractivity contribution in [1.29, 1.82) is 0 Å². The van der Waals surface area contributed by atoms with E-state index in [-0.39, 0.29) is 23.6 Å². The molecule has 0 spiro atoms. The standard InChI is InChI=1S/C22H27F2N3O/c1-27(22(28)13-10-16-5-2-3-7-20(16)24)14-4-6-19-15-21(26-25-19)17-8-11-18(23)12-9-17/h2-3,5,7-9,11-12,19,21,25-26H,4,6,10,13-15H2,1H3. The van der Waals surface area contributed by atoms with E-state index in [2.05, 4.69) is 10.9 Å². The van der Waals surface area contributed by atoms with Crippen molar-refractivity contribution in [3.05, 3.63) is 71.3 Å². The molecule has 1 aliphatic rings. The van der Waals surface area contributed by atoms with Crippen LogP contribution < -0.4 is 10.9 Å². The lowest BCUT2D eigenvalue weighted by Gasteiger charge is -2.18. The van der Waals surface area contributed by atoms with Gasteiger partial charge in [0.2, 0.25) is 5.91 Å². The van der Waals surface area contributed by atoms with Crippen molar-refractivity contribution < 1.29 is 13.6 Å². The van der Waals surface area contributed by atoms with Crippen LogP contribution in [0.4, 0.5) is 8.78 Å². The maximum Gasteiger partial charge on any atom is 0.222 e. The van der Waals surface area contributed by atoms with Crippen LogP contribution in [-0.2, 0) is 11.2 Å². The van der Waals surface area contributed by atoms with E-state index in [9.17, 15) is 13.6 Å². The Labute approximate surface area is 164 Å². The van der Waals surface area contributed by atoms with Gasteiger partial charge in [0.1, 0.15) is 11.6 Å². The van der Waals surface area contributed by atoms with Gasteiger partial charge in [0, 0.05) is 32.1 Å². The largest absolute Gasteiger partial charge is 0.346 e. The molecule has 2 atom stereocenters. The van der Waals surface area contributed by atoms with Crippen LogP contribution in [0.2, 0.25) is 0 Å². The van der Waals surface area contributed by atoms with Crippen molar-refractivity contribution in [2.24, 2.45) is 0 Å². The summed E-state index contributed by atoms with van der Waals surface area (Å²) in [5.41, 5.74) is 8.19. The van der Waals surface area contributed by atoms with Gasteiger partial charge in [-0.15, -0.1) is 0 Å². The highest BCUT2D eigenvalue weighted by atomic mass is 19.1. The average molecular weight is 387 g/mol. The van der Waals surface area contributed by atoms with Gasteiger partial charge in [0.05, 0.1) is 0 Å². The second kappa shape index (κ2) is 9.75. The molecule has 3 rings (SSSR count). The zero-order chi connectivity index (χ0) is 19.9. The summed E-state index contributed by atoms with van der Waals surface area (Å²) in [4.78, 5) is 14.0. The number of aryl methyl sites for hydroxylation is 1. The minimum atomic E-state index is -0.256. The molecule has 2 aromatic rings. The monoisotopic (exact) mass is 387 g/mol. The third-order valence-electron chi connectivity index (χ3n) is 5.29. The number of nitrogens with zero attached hydrogens (tertiary/aromatic N) is 1. The first-order chi connectivity index (χ1) is 13.5. The van der Waals surface area contributed by atoms with Crippen LogP contribution >= 0.6 is 0 Å². The molecule has 0 aliphatic carbocycles. The SMILES string of the molecule is CN(CCCC1CC(c2ccc(F)cc2)NN1)C(=O)CCc1ccccc1F. The normalized spacial score (nSPS) is 19.0. The van der Waals surface area contributed by atoms with Crippen LogP contribution in [0.15, 0.2) is 48.5 Å². The number of hydrazine groups is 1. The average Bonchev–Trinajstić information content (AvgIpc) is 3.16. The maximum atomic E-state index is 13.6. The van der Waals surface area contributed by atoms with Crippen molar-refractivity contribution in [3.8, 4) is 0 Å². The zero-order valence-corrected chi connectivity index (χ0v) is 16.1. The Kier molecular flexibility index (Phi) is 7.12. The Morgan fingerprint density at radius 3 is 2.61 bits per heavy atom. The molecule has 0 saturated carbocycles. The molecule has 1 aliphatic heterocycles. The Balaban J connectivity index is 1.36. The topological polar surface area (TPSA) is 44.4 Å². The first kappa shape index (κ1) is 20.4. The molecule has 1 heterocycles. The van der Waals surface area contributed by atoms with E-state index in [0.717, 1.165) is 24.8 Å².